The van der Waals surface area contributed by atoms with Crippen LogP contribution in [0.1, 0.15) is 11.1 Å². The monoisotopic (exact) mass is 474 g/mol. The third-order valence-corrected chi connectivity index (χ3v) is 3.68. The maximum atomic E-state index is 5.79. The van der Waals surface area contributed by atoms with E-state index in [9.17, 15) is 0 Å². The van der Waals surface area contributed by atoms with Crippen LogP contribution >= 0.6 is 35.6 Å². The molecule has 8 heteroatoms. The van der Waals surface area contributed by atoms with E-state index in [1.54, 1.807) is 25.5 Å². The summed E-state index contributed by atoms with van der Waals surface area (Å²) in [4.78, 5) is 14.7. The number of hydrogen-bond donors (Lipinski definition) is 2. The number of pyridine rings is 2. The Labute approximate surface area is 171 Å². The zero-order valence-electron chi connectivity index (χ0n) is 14.7. The molecule has 2 N–H and O–H groups in total. The van der Waals surface area contributed by atoms with Crippen LogP contribution in [0, 0.1) is 0 Å². The lowest BCUT2D eigenvalue weighted by Crippen LogP contribution is -2.38. The molecule has 0 bridgehead atoms. The van der Waals surface area contributed by atoms with Gasteiger partial charge in [0, 0.05) is 52.2 Å². The molecule has 0 atom stereocenters. The standard InChI is InChI=1S/C17H23ClN6.HI/c1-19-17(21-10-8-13-6-7-15(18)22-11-13)23-12-14-5-4-9-20-16(14)24(2)3;/h4-7,9,11H,8,10,12H2,1-3H3,(H2,19,21,23);1H. The molecule has 6 nitrogen and oxygen atoms in total. The van der Waals surface area contributed by atoms with Crippen LogP contribution in [-0.2, 0) is 13.0 Å². The van der Waals surface area contributed by atoms with E-state index in [1.165, 1.54) is 0 Å². The van der Waals surface area contributed by atoms with Crippen molar-refractivity contribution in [1.82, 2.24) is 20.6 Å². The van der Waals surface area contributed by atoms with Crippen molar-refractivity contribution in [3.63, 3.8) is 0 Å². The van der Waals surface area contributed by atoms with Crippen LogP contribution in [0.3, 0.4) is 0 Å². The fourth-order valence-corrected chi connectivity index (χ4v) is 2.36. The van der Waals surface area contributed by atoms with E-state index in [2.05, 4.69) is 31.7 Å². The molecular weight excluding hydrogens is 451 g/mol. The first-order valence-electron chi connectivity index (χ1n) is 7.76. The van der Waals surface area contributed by atoms with E-state index in [-0.39, 0.29) is 24.0 Å². The Morgan fingerprint density at radius 1 is 1.20 bits per heavy atom. The second-order valence-electron chi connectivity index (χ2n) is 5.47. The summed E-state index contributed by atoms with van der Waals surface area (Å²) in [5, 5.41) is 7.12. The van der Waals surface area contributed by atoms with Gasteiger partial charge in [0.25, 0.3) is 0 Å². The van der Waals surface area contributed by atoms with Gasteiger partial charge in [-0.3, -0.25) is 4.99 Å². The van der Waals surface area contributed by atoms with Crippen LogP contribution in [0.5, 0.6) is 0 Å². The molecule has 2 heterocycles. The van der Waals surface area contributed by atoms with Gasteiger partial charge in [0.05, 0.1) is 0 Å². The highest BCUT2D eigenvalue weighted by Crippen LogP contribution is 2.13. The molecule has 2 rings (SSSR count). The van der Waals surface area contributed by atoms with Gasteiger partial charge in [-0.2, -0.15) is 0 Å². The number of anilines is 1. The quantitative estimate of drug-likeness (QED) is 0.292. The summed E-state index contributed by atoms with van der Waals surface area (Å²) in [5.74, 6) is 1.71. The number of aromatic nitrogens is 2. The minimum Gasteiger partial charge on any atom is -0.362 e. The Bertz CT molecular complexity index is 675. The second kappa shape index (κ2) is 11.1. The van der Waals surface area contributed by atoms with E-state index in [0.717, 1.165) is 35.9 Å². The summed E-state index contributed by atoms with van der Waals surface area (Å²) < 4.78 is 0. The molecule has 0 radical (unpaired) electrons. The summed E-state index contributed by atoms with van der Waals surface area (Å²) in [6, 6.07) is 7.77. The molecule has 0 spiro atoms. The van der Waals surface area contributed by atoms with Gasteiger partial charge in [0.1, 0.15) is 11.0 Å². The molecular formula is C17H24ClIN6. The van der Waals surface area contributed by atoms with Crippen molar-refractivity contribution >= 4 is 47.4 Å². The number of nitrogens with zero attached hydrogens (tertiary/aromatic N) is 4. The van der Waals surface area contributed by atoms with Crippen LogP contribution in [-0.4, -0.2) is 43.6 Å². The molecule has 0 aliphatic carbocycles. The molecule has 25 heavy (non-hydrogen) atoms. The topological polar surface area (TPSA) is 65.4 Å². The number of guanidine groups is 1. The average Bonchev–Trinajstić information content (AvgIpc) is 2.59. The summed E-state index contributed by atoms with van der Waals surface area (Å²) in [6.07, 6.45) is 4.44. The highest BCUT2D eigenvalue weighted by molar-refractivity contribution is 14.0. The van der Waals surface area contributed by atoms with Crippen molar-refractivity contribution < 1.29 is 0 Å². The molecule has 0 aromatic carbocycles. The fraction of sp³-hybridized carbons (Fsp3) is 0.353. The first-order valence-corrected chi connectivity index (χ1v) is 8.14. The van der Waals surface area contributed by atoms with Gasteiger partial charge < -0.3 is 15.5 Å². The van der Waals surface area contributed by atoms with Gasteiger partial charge in [-0.05, 0) is 24.1 Å². The Hall–Kier alpha value is -1.61. The van der Waals surface area contributed by atoms with Gasteiger partial charge >= 0.3 is 0 Å². The van der Waals surface area contributed by atoms with Crippen LogP contribution in [0.4, 0.5) is 5.82 Å². The Balaban J connectivity index is 0.00000312. The van der Waals surface area contributed by atoms with Crippen molar-refractivity contribution in [1.29, 1.82) is 0 Å². The van der Waals surface area contributed by atoms with Crippen LogP contribution in [0.2, 0.25) is 5.15 Å². The summed E-state index contributed by atoms with van der Waals surface area (Å²) in [6.45, 7) is 1.42. The van der Waals surface area contributed by atoms with E-state index in [4.69, 9.17) is 11.6 Å². The molecule has 0 saturated carbocycles. The smallest absolute Gasteiger partial charge is 0.191 e. The zero-order chi connectivity index (χ0) is 17.4. The van der Waals surface area contributed by atoms with Crippen molar-refractivity contribution in [2.45, 2.75) is 13.0 Å². The third kappa shape index (κ3) is 7.03. The molecule has 136 valence electrons. The predicted octanol–water partition coefficient (Wildman–Crippen LogP) is 2.72. The van der Waals surface area contributed by atoms with Crippen molar-refractivity contribution in [2.75, 3.05) is 32.6 Å². The summed E-state index contributed by atoms with van der Waals surface area (Å²) >= 11 is 5.79. The molecule has 0 unspecified atom stereocenters. The van der Waals surface area contributed by atoms with Crippen molar-refractivity contribution in [3.8, 4) is 0 Å². The molecule has 2 aromatic heterocycles. The van der Waals surface area contributed by atoms with Crippen LogP contribution in [0.15, 0.2) is 41.7 Å². The van der Waals surface area contributed by atoms with Gasteiger partial charge in [0.2, 0.25) is 0 Å². The SMILES string of the molecule is CN=C(NCCc1ccc(Cl)nc1)NCc1cccnc1N(C)C.I. The van der Waals surface area contributed by atoms with Crippen LogP contribution < -0.4 is 15.5 Å². The molecule has 0 fully saturated rings. The lowest BCUT2D eigenvalue weighted by atomic mass is 10.2. The van der Waals surface area contributed by atoms with Gasteiger partial charge in [0.15, 0.2) is 5.96 Å². The summed E-state index contributed by atoms with van der Waals surface area (Å²) in [5.41, 5.74) is 2.25. The van der Waals surface area contributed by atoms with Crippen LogP contribution in [0.25, 0.3) is 0 Å². The predicted molar refractivity (Wildman–Crippen MR) is 115 cm³/mol. The van der Waals surface area contributed by atoms with Crippen molar-refractivity contribution in [2.24, 2.45) is 4.99 Å². The minimum atomic E-state index is 0. The van der Waals surface area contributed by atoms with Gasteiger partial charge in [-0.1, -0.05) is 23.7 Å². The molecule has 0 amide bonds. The Morgan fingerprint density at radius 3 is 2.64 bits per heavy atom. The number of nitrogens with one attached hydrogen (secondary N) is 2. The molecule has 0 aliphatic heterocycles. The van der Waals surface area contributed by atoms with E-state index < -0.39 is 0 Å². The normalized spacial score (nSPS) is 10.8. The lowest BCUT2D eigenvalue weighted by molar-refractivity contribution is 0.790. The molecule has 0 aliphatic rings. The number of rotatable bonds is 6. The number of aliphatic imine (C=N–C) groups is 1. The minimum absolute atomic E-state index is 0. The molecule has 0 saturated heterocycles. The zero-order valence-corrected chi connectivity index (χ0v) is 17.7. The Morgan fingerprint density at radius 2 is 2.00 bits per heavy atom. The van der Waals surface area contributed by atoms with E-state index >= 15 is 0 Å². The maximum absolute atomic E-state index is 5.79. The van der Waals surface area contributed by atoms with Gasteiger partial charge in [-0.15, -0.1) is 24.0 Å². The summed E-state index contributed by atoms with van der Waals surface area (Å²) in [7, 11) is 5.73. The largest absolute Gasteiger partial charge is 0.362 e. The number of halogens is 2. The maximum Gasteiger partial charge on any atom is 0.191 e. The molecule has 2 aromatic rings. The first-order chi connectivity index (χ1) is 11.6. The van der Waals surface area contributed by atoms with Crippen molar-refractivity contribution in [3.05, 3.63) is 52.9 Å². The van der Waals surface area contributed by atoms with Gasteiger partial charge in [-0.25, -0.2) is 9.97 Å². The first kappa shape index (κ1) is 21.4. The lowest BCUT2D eigenvalue weighted by Gasteiger charge is -2.17. The fourth-order valence-electron chi connectivity index (χ4n) is 2.25. The highest BCUT2D eigenvalue weighted by Gasteiger charge is 2.06. The third-order valence-electron chi connectivity index (χ3n) is 3.46. The highest BCUT2D eigenvalue weighted by atomic mass is 127. The Kier molecular flexibility index (Phi) is 9.51. The average molecular weight is 475 g/mol. The second-order valence-corrected chi connectivity index (χ2v) is 5.86. The van der Waals surface area contributed by atoms with E-state index in [0.29, 0.717) is 11.7 Å². The van der Waals surface area contributed by atoms with E-state index in [1.807, 2.05) is 31.1 Å². The number of hydrogen-bond acceptors (Lipinski definition) is 4.